The van der Waals surface area contributed by atoms with Crippen LogP contribution in [0.3, 0.4) is 0 Å². The number of unbranched alkanes of at least 4 members (excludes halogenated alkanes) is 1. The second kappa shape index (κ2) is 19.8. The minimum atomic E-state index is 0.00616. The van der Waals surface area contributed by atoms with E-state index in [1.54, 1.807) is 29.4 Å². The monoisotopic (exact) mass is 517 g/mol. The summed E-state index contributed by atoms with van der Waals surface area (Å²) in [5.41, 5.74) is 0.620. The lowest BCUT2D eigenvalue weighted by Crippen LogP contribution is -2.42. The minimum Gasteiger partial charge on any atom is -0.343 e. The lowest BCUT2D eigenvalue weighted by atomic mass is 9.95. The molecule has 0 radical (unpaired) electrons. The van der Waals surface area contributed by atoms with Crippen molar-refractivity contribution >= 4 is 11.8 Å². The molecule has 1 aromatic heterocycles. The molecule has 2 rings (SSSR count). The highest BCUT2D eigenvalue weighted by molar-refractivity contribution is 5.93. The first-order valence-electron chi connectivity index (χ1n) is 14.3. The first kappa shape index (κ1) is 31.0. The number of nitrogens with zero attached hydrogens (tertiary/aromatic N) is 3. The molecular weight excluding hydrogens is 470 g/mol. The van der Waals surface area contributed by atoms with E-state index in [4.69, 9.17) is 0 Å². The summed E-state index contributed by atoms with van der Waals surface area (Å²) in [6, 6.07) is 3.58. The van der Waals surface area contributed by atoms with Crippen LogP contribution < -0.4 is 0 Å². The smallest absolute Gasteiger partial charge is 0.255 e. The van der Waals surface area contributed by atoms with Crippen molar-refractivity contribution in [3.63, 3.8) is 0 Å². The van der Waals surface area contributed by atoms with Gasteiger partial charge < -0.3 is 9.80 Å². The van der Waals surface area contributed by atoms with Crippen LogP contribution in [0.15, 0.2) is 85.3 Å². The molecule has 0 aliphatic carbocycles. The molecule has 1 aromatic rings. The third kappa shape index (κ3) is 13.4. The van der Waals surface area contributed by atoms with E-state index in [0.29, 0.717) is 17.9 Å². The molecule has 1 saturated heterocycles. The van der Waals surface area contributed by atoms with Crippen LogP contribution in [0.5, 0.6) is 0 Å². The molecule has 1 aliphatic heterocycles. The van der Waals surface area contributed by atoms with Gasteiger partial charge in [-0.3, -0.25) is 14.6 Å². The number of carbonyl (C=O) groups excluding carboxylic acids is 2. The molecule has 1 aliphatic rings. The number of rotatable bonds is 16. The number of aromatic nitrogens is 1. The highest BCUT2D eigenvalue weighted by Crippen LogP contribution is 2.20. The lowest BCUT2D eigenvalue weighted by Gasteiger charge is -2.34. The van der Waals surface area contributed by atoms with Crippen molar-refractivity contribution in [2.75, 3.05) is 26.7 Å². The zero-order valence-corrected chi connectivity index (χ0v) is 23.5. The Labute approximate surface area is 230 Å². The van der Waals surface area contributed by atoms with Gasteiger partial charge in [0.05, 0.1) is 5.56 Å². The van der Waals surface area contributed by atoms with Gasteiger partial charge in [0, 0.05) is 45.5 Å². The topological polar surface area (TPSA) is 53.5 Å². The van der Waals surface area contributed by atoms with Crippen LogP contribution in [0.2, 0.25) is 0 Å². The molecule has 1 fully saturated rings. The quantitative estimate of drug-likeness (QED) is 0.171. The summed E-state index contributed by atoms with van der Waals surface area (Å²) in [4.78, 5) is 32.9. The van der Waals surface area contributed by atoms with Crippen LogP contribution in [0.1, 0.15) is 81.5 Å². The summed E-state index contributed by atoms with van der Waals surface area (Å²) in [7, 11) is 1.85. The Balaban J connectivity index is 1.49. The van der Waals surface area contributed by atoms with Crippen molar-refractivity contribution in [1.29, 1.82) is 0 Å². The van der Waals surface area contributed by atoms with Crippen LogP contribution in [0.4, 0.5) is 0 Å². The van der Waals surface area contributed by atoms with E-state index in [1.165, 1.54) is 0 Å². The number of amides is 2. The molecule has 0 saturated carbocycles. The Kier molecular flexibility index (Phi) is 16.2. The molecule has 5 heteroatoms. The number of allylic oxidation sites excluding steroid dienone is 10. The maximum atomic E-state index is 12.6. The van der Waals surface area contributed by atoms with E-state index < -0.39 is 0 Å². The first-order chi connectivity index (χ1) is 18.6. The van der Waals surface area contributed by atoms with E-state index in [2.05, 4.69) is 72.7 Å². The van der Waals surface area contributed by atoms with Crippen molar-refractivity contribution in [3.8, 4) is 0 Å². The molecule has 0 unspecified atom stereocenters. The summed E-state index contributed by atoms with van der Waals surface area (Å²) < 4.78 is 0. The Morgan fingerprint density at radius 1 is 0.921 bits per heavy atom. The maximum Gasteiger partial charge on any atom is 0.255 e. The van der Waals surface area contributed by atoms with Crippen molar-refractivity contribution in [2.45, 2.75) is 71.1 Å². The zero-order valence-electron chi connectivity index (χ0n) is 23.5. The fourth-order valence-corrected chi connectivity index (χ4v) is 4.44. The Morgan fingerprint density at radius 3 is 2.05 bits per heavy atom. The molecule has 0 N–H and O–H groups in total. The maximum absolute atomic E-state index is 12.6. The molecule has 38 heavy (non-hydrogen) atoms. The molecule has 0 bridgehead atoms. The largest absolute Gasteiger partial charge is 0.343 e. The average Bonchev–Trinajstić information content (AvgIpc) is 2.95. The van der Waals surface area contributed by atoms with Gasteiger partial charge in [-0.1, -0.05) is 67.7 Å². The van der Waals surface area contributed by atoms with Crippen LogP contribution in [-0.2, 0) is 4.79 Å². The third-order valence-corrected chi connectivity index (χ3v) is 6.67. The summed E-state index contributed by atoms with van der Waals surface area (Å²) in [6.07, 6.45) is 34.7. The fourth-order valence-electron chi connectivity index (χ4n) is 4.44. The van der Waals surface area contributed by atoms with E-state index in [9.17, 15) is 9.59 Å². The normalized spacial score (nSPS) is 15.2. The molecular formula is C33H47N3O2. The predicted molar refractivity (Wildman–Crippen MR) is 159 cm³/mol. The highest BCUT2D eigenvalue weighted by atomic mass is 16.2. The van der Waals surface area contributed by atoms with Crippen molar-refractivity contribution in [3.05, 3.63) is 90.9 Å². The van der Waals surface area contributed by atoms with Gasteiger partial charge in [-0.25, -0.2) is 0 Å². The van der Waals surface area contributed by atoms with E-state index in [-0.39, 0.29) is 11.8 Å². The number of pyridine rings is 1. The Morgan fingerprint density at radius 2 is 1.50 bits per heavy atom. The fraction of sp³-hybridized carbons (Fsp3) is 0.485. The minimum absolute atomic E-state index is 0.00616. The van der Waals surface area contributed by atoms with E-state index >= 15 is 0 Å². The second-order valence-electron chi connectivity index (χ2n) is 9.85. The molecule has 5 nitrogen and oxygen atoms in total. The van der Waals surface area contributed by atoms with Crippen LogP contribution in [-0.4, -0.2) is 53.3 Å². The van der Waals surface area contributed by atoms with Gasteiger partial charge in [-0.05, 0) is 75.8 Å². The van der Waals surface area contributed by atoms with Crippen molar-refractivity contribution in [1.82, 2.24) is 14.8 Å². The summed E-state index contributed by atoms with van der Waals surface area (Å²) in [5.74, 6) is 0.702. The number of carbonyl (C=O) groups is 2. The predicted octanol–water partition coefficient (Wildman–Crippen LogP) is 7.31. The number of hydrogen-bond donors (Lipinski definition) is 0. The molecule has 2 heterocycles. The summed E-state index contributed by atoms with van der Waals surface area (Å²) in [5, 5.41) is 0. The highest BCUT2D eigenvalue weighted by Gasteiger charge is 2.24. The number of likely N-dealkylation sites (tertiary alicyclic amines) is 1. The number of piperidine rings is 1. The van der Waals surface area contributed by atoms with Crippen LogP contribution in [0.25, 0.3) is 0 Å². The second-order valence-corrected chi connectivity index (χ2v) is 9.85. The molecule has 0 aromatic carbocycles. The van der Waals surface area contributed by atoms with Crippen LogP contribution in [0, 0.1) is 5.92 Å². The Bertz CT molecular complexity index is 938. The number of hydrogen-bond acceptors (Lipinski definition) is 3. The van der Waals surface area contributed by atoms with Gasteiger partial charge in [0.25, 0.3) is 5.91 Å². The van der Waals surface area contributed by atoms with Gasteiger partial charge in [0.15, 0.2) is 0 Å². The summed E-state index contributed by atoms with van der Waals surface area (Å²) >= 11 is 0. The van der Waals surface area contributed by atoms with Gasteiger partial charge in [-0.15, -0.1) is 0 Å². The van der Waals surface area contributed by atoms with Gasteiger partial charge in [-0.2, -0.15) is 0 Å². The van der Waals surface area contributed by atoms with Gasteiger partial charge >= 0.3 is 0 Å². The lowest BCUT2D eigenvalue weighted by molar-refractivity contribution is -0.132. The first-order valence-corrected chi connectivity index (χ1v) is 14.3. The molecule has 0 atom stereocenters. The van der Waals surface area contributed by atoms with E-state index in [0.717, 1.165) is 77.4 Å². The summed E-state index contributed by atoms with van der Waals surface area (Å²) in [6.45, 7) is 4.46. The zero-order chi connectivity index (χ0) is 27.3. The average molecular weight is 518 g/mol. The molecule has 0 spiro atoms. The standard InChI is InChI=1S/C33H47N3O2/c1-3-4-5-6-7-8-9-10-11-12-13-14-15-16-17-18-19-22-32(37)36-26-23-30(24-27-36)29-35(2)33(38)31-21-20-25-34-28-31/h4-5,7-8,10-11,13-14,16-17,20-21,25,28,30H,3,6,9,12,15,18-19,22-24,26-27,29H2,1-2H3/b5-4-,8-7-,11-10-,14-13-,17-16-. The van der Waals surface area contributed by atoms with Gasteiger partial charge in [0.1, 0.15) is 0 Å². The SMILES string of the molecule is CC/C=C\C/C=C\C/C=C\C/C=C\C/C=C\CCCC(=O)N1CCC(CN(C)C(=O)c2cccnc2)CC1. The Hall–Kier alpha value is -3.21. The molecule has 206 valence electrons. The third-order valence-electron chi connectivity index (χ3n) is 6.67. The van der Waals surface area contributed by atoms with Gasteiger partial charge in [0.2, 0.25) is 5.91 Å². The van der Waals surface area contributed by atoms with Crippen molar-refractivity contribution < 1.29 is 9.59 Å². The van der Waals surface area contributed by atoms with Crippen LogP contribution >= 0.6 is 0 Å². The van der Waals surface area contributed by atoms with E-state index in [1.807, 2.05) is 11.9 Å². The molecule has 2 amide bonds. The van der Waals surface area contributed by atoms with Crippen molar-refractivity contribution in [2.24, 2.45) is 5.92 Å².